The van der Waals surface area contributed by atoms with E-state index in [2.05, 4.69) is 20.3 Å². The van der Waals surface area contributed by atoms with Crippen LogP contribution in [0.3, 0.4) is 0 Å². The van der Waals surface area contributed by atoms with Gasteiger partial charge in [-0.15, -0.1) is 0 Å². The Hall–Kier alpha value is -3.21. The maximum absolute atomic E-state index is 12.2. The second kappa shape index (κ2) is 8.38. The average molecular weight is 439 g/mol. The summed E-state index contributed by atoms with van der Waals surface area (Å²) in [4.78, 5) is 36.8. The summed E-state index contributed by atoms with van der Waals surface area (Å²) in [6, 6.07) is 8.10. The fraction of sp³-hybridized carbons (Fsp3) is 0.409. The van der Waals surface area contributed by atoms with Gasteiger partial charge in [0.05, 0.1) is 6.33 Å². The van der Waals surface area contributed by atoms with E-state index in [1.165, 1.54) is 32.1 Å². The van der Waals surface area contributed by atoms with E-state index in [0.717, 1.165) is 5.56 Å². The van der Waals surface area contributed by atoms with Gasteiger partial charge in [0.2, 0.25) is 0 Å². The quantitative estimate of drug-likeness (QED) is 0.497. The van der Waals surface area contributed by atoms with E-state index in [-0.39, 0.29) is 6.42 Å². The van der Waals surface area contributed by atoms with Crippen molar-refractivity contribution in [2.75, 3.05) is 5.32 Å². The molecule has 2 aromatic heterocycles. The number of benzene rings is 1. The van der Waals surface area contributed by atoms with E-state index >= 15 is 0 Å². The standard InChI is InChI=1S/C22H25N5O5/c1-12-4-6-15(7-5-12)9-23-20-17-21(25-10-24-20)27(11-26-17)16-8-22(31,14(3)29)19(32-16)18(30)13(2)28/h4-7,10-11,16,18-19,30-31H,8-9H2,1-3H3,(H,23,24,25)/t16-,18?,19-,22-/m1/s1. The summed E-state index contributed by atoms with van der Waals surface area (Å²) in [5.74, 6) is -0.671. The van der Waals surface area contributed by atoms with Gasteiger partial charge in [-0.2, -0.15) is 0 Å². The molecule has 1 fully saturated rings. The Kier molecular flexibility index (Phi) is 5.76. The van der Waals surface area contributed by atoms with E-state index in [9.17, 15) is 19.8 Å². The number of rotatable bonds is 7. The molecule has 0 aliphatic carbocycles. The van der Waals surface area contributed by atoms with Gasteiger partial charge in [0.25, 0.3) is 0 Å². The first-order valence-electron chi connectivity index (χ1n) is 10.2. The molecular formula is C22H25N5O5. The second-order valence-corrected chi connectivity index (χ2v) is 8.14. The molecule has 1 aliphatic heterocycles. The lowest BCUT2D eigenvalue weighted by molar-refractivity contribution is -0.158. The zero-order chi connectivity index (χ0) is 23.0. The Morgan fingerprint density at radius 1 is 1.25 bits per heavy atom. The molecule has 10 nitrogen and oxygen atoms in total. The molecule has 0 bridgehead atoms. The molecule has 0 amide bonds. The van der Waals surface area contributed by atoms with Crippen LogP contribution in [0.25, 0.3) is 11.2 Å². The maximum atomic E-state index is 12.2. The molecule has 4 rings (SSSR count). The number of nitrogens with zero attached hydrogens (tertiary/aromatic N) is 4. The Labute approximate surface area is 184 Å². The lowest BCUT2D eigenvalue weighted by atomic mass is 9.86. The van der Waals surface area contributed by atoms with Gasteiger partial charge < -0.3 is 20.3 Å². The maximum Gasteiger partial charge on any atom is 0.167 e. The number of carbonyl (C=O) groups is 2. The molecule has 3 heterocycles. The third-order valence-corrected chi connectivity index (χ3v) is 5.82. The Morgan fingerprint density at radius 3 is 2.62 bits per heavy atom. The third-order valence-electron chi connectivity index (χ3n) is 5.82. The number of anilines is 1. The number of aryl methyl sites for hydroxylation is 1. The fourth-order valence-electron chi connectivity index (χ4n) is 3.85. The normalized spacial score (nSPS) is 23.9. The minimum Gasteiger partial charge on any atom is -0.382 e. The number of ketones is 2. The molecule has 1 saturated heterocycles. The van der Waals surface area contributed by atoms with Crippen LogP contribution in [0.5, 0.6) is 0 Å². The summed E-state index contributed by atoms with van der Waals surface area (Å²) in [5, 5.41) is 24.4. The van der Waals surface area contributed by atoms with Crippen molar-refractivity contribution < 1.29 is 24.5 Å². The number of imidazole rings is 1. The zero-order valence-corrected chi connectivity index (χ0v) is 18.0. The number of aliphatic hydroxyl groups excluding tert-OH is 1. The molecule has 1 aromatic carbocycles. The van der Waals surface area contributed by atoms with Crippen molar-refractivity contribution in [2.45, 2.75) is 57.8 Å². The Bertz CT molecular complexity index is 1160. The van der Waals surface area contributed by atoms with Crippen molar-refractivity contribution >= 4 is 28.5 Å². The first kappa shape index (κ1) is 22.0. The molecule has 0 saturated carbocycles. The number of carbonyl (C=O) groups excluding carboxylic acids is 2. The van der Waals surface area contributed by atoms with Crippen molar-refractivity contribution in [3.8, 4) is 0 Å². The van der Waals surface area contributed by atoms with Gasteiger partial charge in [0.15, 0.2) is 34.1 Å². The molecule has 3 N–H and O–H groups in total. The molecule has 1 unspecified atom stereocenters. The second-order valence-electron chi connectivity index (χ2n) is 8.14. The van der Waals surface area contributed by atoms with Gasteiger partial charge in [-0.1, -0.05) is 29.8 Å². The van der Waals surface area contributed by atoms with Crippen molar-refractivity contribution in [3.05, 3.63) is 48.0 Å². The summed E-state index contributed by atoms with van der Waals surface area (Å²) >= 11 is 0. The van der Waals surface area contributed by atoms with Crippen molar-refractivity contribution in [1.29, 1.82) is 0 Å². The van der Waals surface area contributed by atoms with Crippen molar-refractivity contribution in [3.63, 3.8) is 0 Å². The number of ether oxygens (including phenoxy) is 1. The van der Waals surface area contributed by atoms with Gasteiger partial charge >= 0.3 is 0 Å². The van der Waals surface area contributed by atoms with E-state index in [1.54, 1.807) is 4.57 Å². The van der Waals surface area contributed by atoms with E-state index in [4.69, 9.17) is 4.74 Å². The summed E-state index contributed by atoms with van der Waals surface area (Å²) in [6.07, 6.45) is -1.17. The van der Waals surface area contributed by atoms with E-state index < -0.39 is 35.6 Å². The highest BCUT2D eigenvalue weighted by molar-refractivity contribution is 5.89. The number of nitrogens with one attached hydrogen (secondary N) is 1. The highest BCUT2D eigenvalue weighted by atomic mass is 16.6. The predicted octanol–water partition coefficient (Wildman–Crippen LogP) is 1.30. The molecule has 0 radical (unpaired) electrons. The molecule has 3 aromatic rings. The summed E-state index contributed by atoms with van der Waals surface area (Å²) in [5.41, 5.74) is 1.16. The van der Waals surface area contributed by atoms with Crippen molar-refractivity contribution in [1.82, 2.24) is 19.5 Å². The minimum absolute atomic E-state index is 0.154. The molecule has 1 aliphatic rings. The van der Waals surface area contributed by atoms with Crippen LogP contribution in [0.1, 0.15) is 37.6 Å². The number of fused-ring (bicyclic) bond motifs is 1. The lowest BCUT2D eigenvalue weighted by Crippen LogP contribution is -2.52. The zero-order valence-electron chi connectivity index (χ0n) is 18.0. The molecular weight excluding hydrogens is 414 g/mol. The summed E-state index contributed by atoms with van der Waals surface area (Å²) in [6.45, 7) is 4.94. The monoisotopic (exact) mass is 439 g/mol. The SMILES string of the molecule is CC(=O)C(O)[C@H]1O[C@@H](n2cnc3c(NCc4ccc(C)cc4)ncnc32)C[C@@]1(O)C(C)=O. The molecule has 0 spiro atoms. The molecule has 168 valence electrons. The number of hydrogen-bond acceptors (Lipinski definition) is 9. The number of Topliss-reactive ketones (excluding diaryl/α,β-unsaturated/α-hetero) is 2. The average Bonchev–Trinajstić information content (AvgIpc) is 3.35. The Morgan fingerprint density at radius 2 is 1.97 bits per heavy atom. The minimum atomic E-state index is -2.01. The van der Waals surface area contributed by atoms with Crippen molar-refractivity contribution in [2.24, 2.45) is 0 Å². The van der Waals surface area contributed by atoms with Gasteiger partial charge in [0.1, 0.15) is 24.8 Å². The van der Waals surface area contributed by atoms with Crippen LogP contribution in [0.2, 0.25) is 0 Å². The van der Waals surface area contributed by atoms with E-state index in [1.807, 2.05) is 31.2 Å². The van der Waals surface area contributed by atoms with Crippen LogP contribution in [-0.4, -0.2) is 59.1 Å². The third kappa shape index (κ3) is 3.88. The highest BCUT2D eigenvalue weighted by Gasteiger charge is 2.55. The Balaban J connectivity index is 1.61. The van der Waals surface area contributed by atoms with Gasteiger partial charge in [-0.3, -0.25) is 14.2 Å². The molecule has 10 heteroatoms. The van der Waals surface area contributed by atoms with Gasteiger partial charge in [-0.25, -0.2) is 15.0 Å². The predicted molar refractivity (Wildman–Crippen MR) is 115 cm³/mol. The van der Waals surface area contributed by atoms with Gasteiger partial charge in [0, 0.05) is 13.0 Å². The molecule has 4 atom stereocenters. The van der Waals surface area contributed by atoms with Crippen LogP contribution in [0.4, 0.5) is 5.82 Å². The fourth-order valence-corrected chi connectivity index (χ4v) is 3.85. The van der Waals surface area contributed by atoms with Crippen LogP contribution >= 0.6 is 0 Å². The smallest absolute Gasteiger partial charge is 0.167 e. The lowest BCUT2D eigenvalue weighted by Gasteiger charge is -2.27. The van der Waals surface area contributed by atoms with Crippen LogP contribution in [0.15, 0.2) is 36.9 Å². The van der Waals surface area contributed by atoms with Crippen LogP contribution in [-0.2, 0) is 20.9 Å². The van der Waals surface area contributed by atoms with Crippen LogP contribution < -0.4 is 5.32 Å². The first-order valence-corrected chi connectivity index (χ1v) is 10.2. The van der Waals surface area contributed by atoms with E-state index in [0.29, 0.717) is 23.5 Å². The highest BCUT2D eigenvalue weighted by Crippen LogP contribution is 2.40. The van der Waals surface area contributed by atoms with Crippen LogP contribution in [0, 0.1) is 6.92 Å². The number of hydrogen-bond donors (Lipinski definition) is 3. The first-order chi connectivity index (χ1) is 15.2. The summed E-state index contributed by atoms with van der Waals surface area (Å²) in [7, 11) is 0. The van der Waals surface area contributed by atoms with Gasteiger partial charge in [-0.05, 0) is 26.3 Å². The number of aliphatic hydroxyl groups is 2. The topological polar surface area (TPSA) is 139 Å². The number of aromatic nitrogens is 4. The largest absolute Gasteiger partial charge is 0.382 e. The molecule has 32 heavy (non-hydrogen) atoms. The summed E-state index contributed by atoms with van der Waals surface area (Å²) < 4.78 is 7.36.